The molecule has 1 amide bonds. The molecule has 0 aliphatic carbocycles. The van der Waals surface area contributed by atoms with Crippen LogP contribution in [-0.2, 0) is 15.9 Å². The maximum atomic E-state index is 14.3. The lowest BCUT2D eigenvalue weighted by atomic mass is 10.2. The summed E-state index contributed by atoms with van der Waals surface area (Å²) in [5, 5.41) is 1.45. The first kappa shape index (κ1) is 20.6. The van der Waals surface area contributed by atoms with Crippen LogP contribution in [0.15, 0.2) is 97.6 Å². The quantitative estimate of drug-likeness (QED) is 0.417. The summed E-state index contributed by atoms with van der Waals surface area (Å²) >= 11 is 0. The highest BCUT2D eigenvalue weighted by Gasteiger charge is 2.31. The number of ether oxygens (including phenoxy) is 1. The Morgan fingerprint density at radius 3 is 1.90 bits per heavy atom. The summed E-state index contributed by atoms with van der Waals surface area (Å²) in [6, 6.07) is 26.2. The van der Waals surface area contributed by atoms with Gasteiger partial charge in [0.2, 0.25) is 5.91 Å². The Morgan fingerprint density at radius 1 is 0.931 bits per heavy atom. The number of hydrogen-bond donors (Lipinski definition) is 0. The summed E-state index contributed by atoms with van der Waals surface area (Å²) in [5.41, 5.74) is 0.925. The van der Waals surface area contributed by atoms with Crippen molar-refractivity contribution in [2.75, 3.05) is 13.4 Å². The largest absolute Gasteiger partial charge is 0.497 e. The highest BCUT2D eigenvalue weighted by Crippen LogP contribution is 2.44. The fourth-order valence-corrected chi connectivity index (χ4v) is 5.82. The van der Waals surface area contributed by atoms with Crippen LogP contribution in [0.3, 0.4) is 0 Å². The van der Waals surface area contributed by atoms with Crippen molar-refractivity contribution in [2.45, 2.75) is 6.54 Å². The number of amides is 1. The van der Waals surface area contributed by atoms with Crippen molar-refractivity contribution in [3.8, 4) is 5.75 Å². The summed E-state index contributed by atoms with van der Waals surface area (Å²) in [6.45, 7) is 3.96. The van der Waals surface area contributed by atoms with Gasteiger partial charge in [-0.25, -0.2) is 0 Å². The van der Waals surface area contributed by atoms with Gasteiger partial charge < -0.3 is 14.2 Å². The van der Waals surface area contributed by atoms with E-state index < -0.39 is 7.14 Å². The van der Waals surface area contributed by atoms with E-state index in [1.54, 1.807) is 12.0 Å². The van der Waals surface area contributed by atoms with E-state index in [0.29, 0.717) is 6.54 Å². The molecule has 0 spiro atoms. The molecule has 0 saturated carbocycles. The highest BCUT2D eigenvalue weighted by atomic mass is 31.2. The molecule has 0 bridgehead atoms. The molecule has 0 fully saturated rings. The first-order chi connectivity index (χ1) is 14.1. The number of nitrogens with zero attached hydrogens (tertiary/aromatic N) is 1. The third kappa shape index (κ3) is 4.85. The van der Waals surface area contributed by atoms with E-state index in [1.165, 1.54) is 6.08 Å². The third-order valence-corrected chi connectivity index (χ3v) is 7.74. The molecule has 0 atom stereocenters. The van der Waals surface area contributed by atoms with Gasteiger partial charge in [0.05, 0.1) is 13.4 Å². The predicted molar refractivity (Wildman–Crippen MR) is 118 cm³/mol. The van der Waals surface area contributed by atoms with Gasteiger partial charge in [-0.05, 0) is 23.8 Å². The molecule has 0 saturated heterocycles. The molecule has 29 heavy (non-hydrogen) atoms. The van der Waals surface area contributed by atoms with E-state index in [-0.39, 0.29) is 12.2 Å². The molecule has 148 valence electrons. The fraction of sp³-hybridized carbons (Fsp3) is 0.125. The Morgan fingerprint density at radius 2 is 1.45 bits per heavy atom. The Hall–Kier alpha value is -3.10. The minimum Gasteiger partial charge on any atom is -0.497 e. The summed E-state index contributed by atoms with van der Waals surface area (Å²) in [6.07, 6.45) is 1.36. The molecular formula is C24H24NO3P. The van der Waals surface area contributed by atoms with Crippen LogP contribution in [0, 0.1) is 0 Å². The maximum absolute atomic E-state index is 14.3. The van der Waals surface area contributed by atoms with Crippen molar-refractivity contribution in [2.24, 2.45) is 0 Å². The second-order valence-corrected chi connectivity index (χ2v) is 9.44. The minimum atomic E-state index is -3.07. The number of methoxy groups -OCH3 is 1. The maximum Gasteiger partial charge on any atom is 0.246 e. The first-order valence-electron chi connectivity index (χ1n) is 9.31. The lowest BCUT2D eigenvalue weighted by Crippen LogP contribution is -2.34. The SMILES string of the molecule is C=CC(=O)N(Cc1ccc(OC)cc1)CP(=O)(c1ccccc1)c1ccccc1. The van der Waals surface area contributed by atoms with Gasteiger partial charge in [-0.1, -0.05) is 79.4 Å². The summed E-state index contributed by atoms with van der Waals surface area (Å²) in [7, 11) is -1.46. The third-order valence-electron chi connectivity index (χ3n) is 4.74. The Labute approximate surface area is 171 Å². The summed E-state index contributed by atoms with van der Waals surface area (Å²) in [4.78, 5) is 14.2. The second kappa shape index (κ2) is 9.40. The van der Waals surface area contributed by atoms with Crippen LogP contribution in [0.1, 0.15) is 5.56 Å². The molecule has 5 heteroatoms. The van der Waals surface area contributed by atoms with Crippen LogP contribution < -0.4 is 15.3 Å². The zero-order valence-electron chi connectivity index (χ0n) is 16.4. The van der Waals surface area contributed by atoms with Gasteiger partial charge in [0, 0.05) is 17.2 Å². The Balaban J connectivity index is 1.98. The molecule has 0 aliphatic heterocycles. The van der Waals surface area contributed by atoms with Crippen LogP contribution >= 0.6 is 7.14 Å². The Bertz CT molecular complexity index is 958. The number of carbonyl (C=O) groups excluding carboxylic acids is 1. The topological polar surface area (TPSA) is 46.6 Å². The molecule has 0 unspecified atom stereocenters. The van der Waals surface area contributed by atoms with Gasteiger partial charge >= 0.3 is 0 Å². The van der Waals surface area contributed by atoms with E-state index in [1.807, 2.05) is 84.9 Å². The van der Waals surface area contributed by atoms with E-state index in [4.69, 9.17) is 4.74 Å². The van der Waals surface area contributed by atoms with Crippen molar-refractivity contribution in [3.63, 3.8) is 0 Å². The second-order valence-electron chi connectivity index (χ2n) is 6.64. The average molecular weight is 405 g/mol. The van der Waals surface area contributed by atoms with E-state index >= 15 is 0 Å². The molecule has 0 aliphatic rings. The molecule has 3 aromatic rings. The van der Waals surface area contributed by atoms with Gasteiger partial charge in [-0.15, -0.1) is 0 Å². The predicted octanol–water partition coefficient (Wildman–Crippen LogP) is 4.18. The van der Waals surface area contributed by atoms with Gasteiger partial charge in [0.25, 0.3) is 0 Å². The van der Waals surface area contributed by atoms with Crippen LogP contribution in [-0.4, -0.2) is 24.2 Å². The van der Waals surface area contributed by atoms with Crippen LogP contribution in [0.5, 0.6) is 5.75 Å². The van der Waals surface area contributed by atoms with Crippen molar-refractivity contribution >= 4 is 23.7 Å². The molecule has 3 aromatic carbocycles. The van der Waals surface area contributed by atoms with E-state index in [2.05, 4.69) is 6.58 Å². The lowest BCUT2D eigenvalue weighted by molar-refractivity contribution is -0.125. The fourth-order valence-electron chi connectivity index (χ4n) is 3.17. The van der Waals surface area contributed by atoms with E-state index in [9.17, 15) is 9.36 Å². The Kier molecular flexibility index (Phi) is 6.69. The number of benzene rings is 3. The molecular weight excluding hydrogens is 381 g/mol. The van der Waals surface area contributed by atoms with Gasteiger partial charge in [0.15, 0.2) is 7.14 Å². The van der Waals surface area contributed by atoms with Crippen molar-refractivity contribution < 1.29 is 14.1 Å². The zero-order valence-corrected chi connectivity index (χ0v) is 17.3. The first-order valence-corrected chi connectivity index (χ1v) is 11.2. The van der Waals surface area contributed by atoms with Gasteiger partial charge in [-0.3, -0.25) is 4.79 Å². The summed E-state index contributed by atoms with van der Waals surface area (Å²) in [5.74, 6) is 0.488. The monoisotopic (exact) mass is 405 g/mol. The molecule has 0 N–H and O–H groups in total. The lowest BCUT2D eigenvalue weighted by Gasteiger charge is -2.28. The van der Waals surface area contributed by atoms with Crippen molar-refractivity contribution in [1.29, 1.82) is 0 Å². The van der Waals surface area contributed by atoms with Gasteiger partial charge in [-0.2, -0.15) is 0 Å². The minimum absolute atomic E-state index is 0.0951. The molecule has 0 heterocycles. The number of hydrogen-bond acceptors (Lipinski definition) is 3. The summed E-state index contributed by atoms with van der Waals surface area (Å²) < 4.78 is 19.5. The number of rotatable bonds is 8. The smallest absolute Gasteiger partial charge is 0.246 e. The normalized spacial score (nSPS) is 10.9. The molecule has 4 nitrogen and oxygen atoms in total. The zero-order chi connectivity index (χ0) is 20.7. The van der Waals surface area contributed by atoms with Crippen molar-refractivity contribution in [1.82, 2.24) is 4.90 Å². The standard InChI is InChI=1S/C24H24NO3P/c1-3-24(26)25(18-20-14-16-21(28-2)17-15-20)19-29(27,22-10-6-4-7-11-22)23-12-8-5-9-13-23/h3-17H,1,18-19H2,2H3. The average Bonchev–Trinajstić information content (AvgIpc) is 2.79. The molecule has 3 rings (SSSR count). The highest BCUT2D eigenvalue weighted by molar-refractivity contribution is 7.78. The van der Waals surface area contributed by atoms with Crippen LogP contribution in [0.4, 0.5) is 0 Å². The van der Waals surface area contributed by atoms with Crippen molar-refractivity contribution in [3.05, 3.63) is 103 Å². The van der Waals surface area contributed by atoms with Crippen LogP contribution in [0.2, 0.25) is 0 Å². The van der Waals surface area contributed by atoms with Crippen LogP contribution in [0.25, 0.3) is 0 Å². The number of carbonyl (C=O) groups is 1. The molecule has 0 radical (unpaired) electrons. The van der Waals surface area contributed by atoms with Gasteiger partial charge in [0.1, 0.15) is 5.75 Å². The van der Waals surface area contributed by atoms with E-state index in [0.717, 1.165) is 21.9 Å². The molecule has 0 aromatic heterocycles.